The maximum absolute atomic E-state index is 13.4. The average Bonchev–Trinajstić information content (AvgIpc) is 3.38. The molecule has 1 aliphatic heterocycles. The lowest BCUT2D eigenvalue weighted by molar-refractivity contribution is -0.132. The van der Waals surface area contributed by atoms with Crippen LogP contribution in [0.4, 0.5) is 5.13 Å². The van der Waals surface area contributed by atoms with Gasteiger partial charge in [0, 0.05) is 5.56 Å². The van der Waals surface area contributed by atoms with Gasteiger partial charge in [0.1, 0.15) is 11.5 Å². The van der Waals surface area contributed by atoms with E-state index in [1.807, 2.05) is 57.2 Å². The Morgan fingerprint density at radius 3 is 2.54 bits per heavy atom. The molecule has 0 aliphatic carbocycles. The molecule has 1 unspecified atom stereocenters. The molecule has 176 valence electrons. The number of nitrogens with zero attached hydrogens (tertiary/aromatic N) is 2. The molecule has 35 heavy (non-hydrogen) atoms. The third kappa shape index (κ3) is 3.88. The molecule has 1 aromatic heterocycles. The minimum absolute atomic E-state index is 0.0296. The molecular formula is C28H24N2O4S. The first-order chi connectivity index (χ1) is 16.8. The number of aromatic nitrogens is 1. The van der Waals surface area contributed by atoms with Gasteiger partial charge in [0.15, 0.2) is 5.13 Å². The summed E-state index contributed by atoms with van der Waals surface area (Å²) in [7, 11) is 1.56. The van der Waals surface area contributed by atoms with Gasteiger partial charge in [0.25, 0.3) is 5.78 Å². The molecule has 6 nitrogen and oxygen atoms in total. The fourth-order valence-corrected chi connectivity index (χ4v) is 5.41. The number of aliphatic hydroxyl groups excluding tert-OH is 1. The summed E-state index contributed by atoms with van der Waals surface area (Å²) in [5, 5.41) is 11.8. The Bertz CT molecular complexity index is 1540. The molecule has 2 heterocycles. The van der Waals surface area contributed by atoms with Gasteiger partial charge in [-0.3, -0.25) is 14.5 Å². The van der Waals surface area contributed by atoms with E-state index in [4.69, 9.17) is 4.74 Å². The summed E-state index contributed by atoms with van der Waals surface area (Å²) < 4.78 is 6.32. The minimum Gasteiger partial charge on any atom is -0.507 e. The van der Waals surface area contributed by atoms with Crippen LogP contribution in [0.3, 0.4) is 0 Å². The molecule has 1 atom stereocenters. The highest BCUT2D eigenvalue weighted by Gasteiger charge is 2.48. The lowest BCUT2D eigenvalue weighted by Gasteiger charge is -2.23. The molecule has 1 saturated heterocycles. The van der Waals surface area contributed by atoms with Crippen molar-refractivity contribution in [3.8, 4) is 5.75 Å². The van der Waals surface area contributed by atoms with E-state index in [1.165, 1.54) is 16.2 Å². The van der Waals surface area contributed by atoms with Gasteiger partial charge >= 0.3 is 5.91 Å². The number of methoxy groups -OCH3 is 1. The van der Waals surface area contributed by atoms with Crippen LogP contribution < -0.4 is 9.64 Å². The number of ether oxygens (including phenoxy) is 1. The second-order valence-corrected chi connectivity index (χ2v) is 9.72. The number of benzene rings is 3. The van der Waals surface area contributed by atoms with Crippen LogP contribution in [0.15, 0.2) is 66.2 Å². The summed E-state index contributed by atoms with van der Waals surface area (Å²) in [5.41, 5.74) is 5.02. The number of rotatable bonds is 4. The summed E-state index contributed by atoms with van der Waals surface area (Å²) in [5.74, 6) is -1.10. The van der Waals surface area contributed by atoms with Gasteiger partial charge in [-0.15, -0.1) is 0 Å². The Morgan fingerprint density at radius 2 is 1.80 bits per heavy atom. The number of aliphatic hydroxyl groups is 1. The summed E-state index contributed by atoms with van der Waals surface area (Å²) in [6.45, 7) is 5.90. The second kappa shape index (κ2) is 8.67. The summed E-state index contributed by atoms with van der Waals surface area (Å²) in [6, 6.07) is 17.6. The molecule has 1 fully saturated rings. The highest BCUT2D eigenvalue weighted by molar-refractivity contribution is 7.22. The standard InChI is InChI=1S/C28H24N2O4S/c1-15-8-11-21-22(12-15)35-28(29-21)30-24(18-6-5-7-20(14-18)34-4)23(26(32)27(30)33)25(31)19-10-9-16(2)17(3)13-19/h5-14,24,31H,1-4H3/b25-23+. The van der Waals surface area contributed by atoms with Crippen LogP contribution in [0.25, 0.3) is 16.0 Å². The number of thiazole rings is 1. The van der Waals surface area contributed by atoms with Crippen molar-refractivity contribution in [2.24, 2.45) is 0 Å². The van der Waals surface area contributed by atoms with Gasteiger partial charge < -0.3 is 9.84 Å². The van der Waals surface area contributed by atoms with E-state index in [0.717, 1.165) is 26.9 Å². The number of hydrogen-bond acceptors (Lipinski definition) is 6. The first-order valence-corrected chi connectivity index (χ1v) is 12.0. The number of amides is 1. The predicted octanol–water partition coefficient (Wildman–Crippen LogP) is 5.86. The second-order valence-electron chi connectivity index (χ2n) is 8.71. The Kier molecular flexibility index (Phi) is 5.65. The van der Waals surface area contributed by atoms with Gasteiger partial charge in [-0.25, -0.2) is 4.98 Å². The number of carbonyl (C=O) groups excluding carboxylic acids is 2. The zero-order valence-corrected chi connectivity index (χ0v) is 20.6. The van der Waals surface area contributed by atoms with Crippen molar-refractivity contribution >= 4 is 44.1 Å². The first-order valence-electron chi connectivity index (χ1n) is 11.2. The zero-order valence-electron chi connectivity index (χ0n) is 19.8. The molecule has 0 saturated carbocycles. The maximum atomic E-state index is 13.4. The first kappa shape index (κ1) is 22.8. The van der Waals surface area contributed by atoms with Crippen LogP contribution in [0.1, 0.15) is 33.9 Å². The van der Waals surface area contributed by atoms with Gasteiger partial charge in [-0.1, -0.05) is 41.7 Å². The van der Waals surface area contributed by atoms with Crippen molar-refractivity contribution in [3.05, 3.63) is 94.1 Å². The van der Waals surface area contributed by atoms with Crippen LogP contribution in [0, 0.1) is 20.8 Å². The van der Waals surface area contributed by atoms with E-state index >= 15 is 0 Å². The highest BCUT2D eigenvalue weighted by atomic mass is 32.1. The number of anilines is 1. The Labute approximate surface area is 207 Å². The average molecular weight is 485 g/mol. The Morgan fingerprint density at radius 1 is 1.00 bits per heavy atom. The van der Waals surface area contributed by atoms with Crippen LogP contribution in [0.5, 0.6) is 5.75 Å². The van der Waals surface area contributed by atoms with Crippen LogP contribution >= 0.6 is 11.3 Å². The van der Waals surface area contributed by atoms with Crippen molar-refractivity contribution in [1.82, 2.24) is 4.98 Å². The lowest BCUT2D eigenvalue weighted by Crippen LogP contribution is -2.29. The third-order valence-corrected chi connectivity index (χ3v) is 7.39. The zero-order chi connectivity index (χ0) is 24.9. The van der Waals surface area contributed by atoms with E-state index in [2.05, 4.69) is 4.98 Å². The van der Waals surface area contributed by atoms with E-state index in [0.29, 0.717) is 22.0 Å². The number of carbonyl (C=O) groups is 2. The van der Waals surface area contributed by atoms with Crippen LogP contribution in [0.2, 0.25) is 0 Å². The largest absolute Gasteiger partial charge is 0.507 e. The minimum atomic E-state index is -0.853. The SMILES string of the molecule is COc1cccc(C2/C(=C(\O)c3ccc(C)c(C)c3)C(=O)C(=O)N2c2nc3ccc(C)cc3s2)c1. The molecule has 1 amide bonds. The molecule has 7 heteroatoms. The van der Waals surface area contributed by atoms with Gasteiger partial charge in [0.2, 0.25) is 0 Å². The Hall–Kier alpha value is -3.97. The molecule has 5 rings (SSSR count). The third-order valence-electron chi connectivity index (χ3n) is 6.37. The molecule has 4 aromatic rings. The Balaban J connectivity index is 1.75. The van der Waals surface area contributed by atoms with Crippen molar-refractivity contribution in [3.63, 3.8) is 0 Å². The van der Waals surface area contributed by atoms with E-state index < -0.39 is 17.7 Å². The summed E-state index contributed by atoms with van der Waals surface area (Å²) >= 11 is 1.34. The van der Waals surface area contributed by atoms with E-state index in [-0.39, 0.29) is 11.3 Å². The molecule has 0 spiro atoms. The number of aryl methyl sites for hydroxylation is 3. The van der Waals surface area contributed by atoms with Gasteiger partial charge in [-0.2, -0.15) is 0 Å². The quantitative estimate of drug-likeness (QED) is 0.223. The molecule has 0 radical (unpaired) electrons. The molecule has 0 bridgehead atoms. The fraction of sp³-hybridized carbons (Fsp3) is 0.179. The molecule has 1 N–H and O–H groups in total. The molecule has 1 aliphatic rings. The maximum Gasteiger partial charge on any atom is 0.301 e. The number of Topliss-reactive ketones (excluding diaryl/α,β-unsaturated/α-hetero) is 1. The molecular weight excluding hydrogens is 460 g/mol. The fourth-order valence-electron chi connectivity index (χ4n) is 4.32. The summed E-state index contributed by atoms with van der Waals surface area (Å²) in [6.07, 6.45) is 0. The number of fused-ring (bicyclic) bond motifs is 1. The summed E-state index contributed by atoms with van der Waals surface area (Å²) in [4.78, 5) is 32.9. The van der Waals surface area contributed by atoms with Crippen molar-refractivity contribution in [2.75, 3.05) is 12.0 Å². The molecule has 3 aromatic carbocycles. The van der Waals surface area contributed by atoms with E-state index in [1.54, 1.807) is 31.4 Å². The smallest absolute Gasteiger partial charge is 0.301 e. The van der Waals surface area contributed by atoms with E-state index in [9.17, 15) is 14.7 Å². The van der Waals surface area contributed by atoms with Crippen molar-refractivity contribution in [2.45, 2.75) is 26.8 Å². The monoisotopic (exact) mass is 484 g/mol. The normalized spacial score (nSPS) is 17.4. The number of ketones is 1. The highest BCUT2D eigenvalue weighted by Crippen LogP contribution is 2.45. The van der Waals surface area contributed by atoms with Gasteiger partial charge in [-0.05, 0) is 73.4 Å². The van der Waals surface area contributed by atoms with Crippen LogP contribution in [-0.4, -0.2) is 28.9 Å². The van der Waals surface area contributed by atoms with Gasteiger partial charge in [0.05, 0.1) is 28.9 Å². The number of hydrogen-bond donors (Lipinski definition) is 1. The predicted molar refractivity (Wildman–Crippen MR) is 138 cm³/mol. The lowest BCUT2D eigenvalue weighted by atomic mass is 9.94. The van der Waals surface area contributed by atoms with Crippen LogP contribution in [-0.2, 0) is 9.59 Å². The topological polar surface area (TPSA) is 79.7 Å². The van der Waals surface area contributed by atoms with Crippen molar-refractivity contribution < 1.29 is 19.4 Å². The van der Waals surface area contributed by atoms with Crippen molar-refractivity contribution in [1.29, 1.82) is 0 Å².